The van der Waals surface area contributed by atoms with Crippen molar-refractivity contribution in [1.82, 2.24) is 4.31 Å². The van der Waals surface area contributed by atoms with E-state index in [1.54, 1.807) is 18.7 Å². The van der Waals surface area contributed by atoms with Gasteiger partial charge in [-0.2, -0.15) is 4.31 Å². The summed E-state index contributed by atoms with van der Waals surface area (Å²) in [5, 5.41) is 10.8. The minimum absolute atomic E-state index is 0.0387. The van der Waals surface area contributed by atoms with Gasteiger partial charge in [0.25, 0.3) is 5.69 Å². The summed E-state index contributed by atoms with van der Waals surface area (Å²) in [6.45, 7) is 1.97. The molecule has 1 atom stereocenters. The third-order valence-electron chi connectivity index (χ3n) is 3.92. The molecule has 1 heterocycles. The molecule has 0 unspecified atom stereocenters. The predicted molar refractivity (Wildman–Crippen MR) is 93.4 cm³/mol. The van der Waals surface area contributed by atoms with Crippen molar-refractivity contribution in [2.75, 3.05) is 12.3 Å². The topological polar surface area (TPSA) is 80.5 Å². The number of rotatable bonds is 4. The second-order valence-corrected chi connectivity index (χ2v) is 8.53. The van der Waals surface area contributed by atoms with Crippen molar-refractivity contribution in [3.05, 3.63) is 69.8 Å². The normalized spacial score (nSPS) is 18.6. The van der Waals surface area contributed by atoms with Crippen LogP contribution in [0.1, 0.15) is 16.5 Å². The van der Waals surface area contributed by atoms with E-state index >= 15 is 0 Å². The first-order valence-corrected chi connectivity index (χ1v) is 9.83. The number of nitro benzene ring substituents is 1. The van der Waals surface area contributed by atoms with Crippen molar-refractivity contribution >= 4 is 27.5 Å². The summed E-state index contributed by atoms with van der Waals surface area (Å²) in [7, 11) is -3.80. The second kappa shape index (κ2) is 6.54. The van der Waals surface area contributed by atoms with Gasteiger partial charge in [0.1, 0.15) is 0 Å². The van der Waals surface area contributed by atoms with Crippen LogP contribution in [0.25, 0.3) is 0 Å². The van der Waals surface area contributed by atoms with Crippen LogP contribution in [0, 0.1) is 17.0 Å². The monoisotopic (exact) mass is 364 g/mol. The zero-order chi connectivity index (χ0) is 17.3. The van der Waals surface area contributed by atoms with E-state index in [0.717, 1.165) is 11.6 Å². The van der Waals surface area contributed by atoms with E-state index in [-0.39, 0.29) is 16.0 Å². The molecule has 1 fully saturated rings. The number of sulfonamides is 1. The maximum atomic E-state index is 13.0. The highest BCUT2D eigenvalue weighted by atomic mass is 32.2. The first-order valence-electron chi connectivity index (χ1n) is 7.34. The van der Waals surface area contributed by atoms with Gasteiger partial charge in [0, 0.05) is 23.9 Å². The Kier molecular flexibility index (Phi) is 4.62. The summed E-state index contributed by atoms with van der Waals surface area (Å²) in [6.07, 6.45) is 0. The van der Waals surface area contributed by atoms with Gasteiger partial charge in [-0.3, -0.25) is 10.1 Å². The quantitative estimate of drug-likeness (QED) is 0.614. The lowest BCUT2D eigenvalue weighted by Crippen LogP contribution is -2.30. The Morgan fingerprint density at radius 2 is 1.92 bits per heavy atom. The van der Waals surface area contributed by atoms with Gasteiger partial charge in [0.15, 0.2) is 0 Å². The van der Waals surface area contributed by atoms with Crippen molar-refractivity contribution in [1.29, 1.82) is 0 Å². The smallest absolute Gasteiger partial charge is 0.258 e. The van der Waals surface area contributed by atoms with Gasteiger partial charge in [0.2, 0.25) is 10.0 Å². The zero-order valence-corrected chi connectivity index (χ0v) is 14.6. The fourth-order valence-electron chi connectivity index (χ4n) is 2.66. The molecule has 6 nitrogen and oxygen atoms in total. The Morgan fingerprint density at radius 1 is 1.21 bits per heavy atom. The van der Waals surface area contributed by atoms with Crippen molar-refractivity contribution in [2.24, 2.45) is 0 Å². The van der Waals surface area contributed by atoms with Gasteiger partial charge in [-0.15, -0.1) is 11.8 Å². The van der Waals surface area contributed by atoms with Crippen molar-refractivity contribution < 1.29 is 13.3 Å². The molecular formula is C16H16N2O4S2. The molecule has 0 amide bonds. The molecule has 0 aromatic heterocycles. The van der Waals surface area contributed by atoms with Crippen LogP contribution >= 0.6 is 11.8 Å². The van der Waals surface area contributed by atoms with E-state index in [1.807, 2.05) is 30.3 Å². The Balaban J connectivity index is 2.01. The molecule has 2 aromatic rings. The van der Waals surface area contributed by atoms with Gasteiger partial charge < -0.3 is 0 Å². The molecule has 0 N–H and O–H groups in total. The SMILES string of the molecule is Cc1ccc(S(=O)(=O)N2CCS[C@@H]2c2ccccc2)cc1[N+](=O)[O-]. The number of hydrogen-bond acceptors (Lipinski definition) is 5. The maximum Gasteiger partial charge on any atom is 0.273 e. The molecule has 1 aliphatic rings. The summed E-state index contributed by atoms with van der Waals surface area (Å²) in [6, 6.07) is 13.5. The van der Waals surface area contributed by atoms with Crippen LogP contribution < -0.4 is 0 Å². The van der Waals surface area contributed by atoms with E-state index in [1.165, 1.54) is 16.4 Å². The van der Waals surface area contributed by atoms with Crippen LogP contribution in [0.2, 0.25) is 0 Å². The number of hydrogen-bond donors (Lipinski definition) is 0. The number of aryl methyl sites for hydroxylation is 1. The van der Waals surface area contributed by atoms with Crippen molar-refractivity contribution in [3.8, 4) is 0 Å². The molecule has 1 saturated heterocycles. The van der Waals surface area contributed by atoms with Crippen LogP contribution in [-0.2, 0) is 10.0 Å². The van der Waals surface area contributed by atoms with Gasteiger partial charge in [0.05, 0.1) is 15.2 Å². The average Bonchev–Trinajstić information content (AvgIpc) is 3.06. The number of nitrogens with zero attached hydrogens (tertiary/aromatic N) is 2. The Bertz CT molecular complexity index is 869. The summed E-state index contributed by atoms with van der Waals surface area (Å²) in [5.41, 5.74) is 1.17. The number of thioether (sulfide) groups is 1. The van der Waals surface area contributed by atoms with Crippen LogP contribution in [0.5, 0.6) is 0 Å². The molecule has 0 radical (unpaired) electrons. The van der Waals surface area contributed by atoms with E-state index in [2.05, 4.69) is 0 Å². The van der Waals surface area contributed by atoms with Gasteiger partial charge >= 0.3 is 0 Å². The lowest BCUT2D eigenvalue weighted by Gasteiger charge is -2.23. The van der Waals surface area contributed by atoms with E-state index < -0.39 is 14.9 Å². The molecule has 0 spiro atoms. The fraction of sp³-hybridized carbons (Fsp3) is 0.250. The standard InChI is InChI=1S/C16H16N2O4S2/c1-12-7-8-14(11-15(12)18(19)20)24(21,22)17-9-10-23-16(17)13-5-3-2-4-6-13/h2-8,11,16H,9-10H2,1H3/t16-/m1/s1. The average molecular weight is 364 g/mol. The van der Waals surface area contributed by atoms with Crippen LogP contribution in [-0.4, -0.2) is 29.9 Å². The minimum Gasteiger partial charge on any atom is -0.258 e. The summed E-state index contributed by atoms with van der Waals surface area (Å²) in [5.74, 6) is 0.687. The van der Waals surface area contributed by atoms with Crippen molar-refractivity contribution in [3.63, 3.8) is 0 Å². The number of benzene rings is 2. The van der Waals surface area contributed by atoms with Gasteiger partial charge in [-0.25, -0.2) is 8.42 Å². The Morgan fingerprint density at radius 3 is 2.58 bits per heavy atom. The van der Waals surface area contributed by atoms with Crippen LogP contribution in [0.3, 0.4) is 0 Å². The van der Waals surface area contributed by atoms with Crippen molar-refractivity contribution in [2.45, 2.75) is 17.2 Å². The largest absolute Gasteiger partial charge is 0.273 e. The second-order valence-electron chi connectivity index (χ2n) is 5.45. The van der Waals surface area contributed by atoms with Gasteiger partial charge in [-0.05, 0) is 18.6 Å². The third-order valence-corrected chi connectivity index (χ3v) is 7.17. The highest BCUT2D eigenvalue weighted by Crippen LogP contribution is 2.41. The molecule has 8 heteroatoms. The summed E-state index contributed by atoms with van der Waals surface area (Å²) in [4.78, 5) is 10.5. The number of nitro groups is 1. The molecule has 24 heavy (non-hydrogen) atoms. The molecular weight excluding hydrogens is 348 g/mol. The Labute approximate surface area is 144 Å². The molecule has 3 rings (SSSR count). The zero-order valence-electron chi connectivity index (χ0n) is 13.0. The maximum absolute atomic E-state index is 13.0. The molecule has 0 aliphatic carbocycles. The predicted octanol–water partition coefficient (Wildman–Crippen LogP) is 3.34. The molecule has 0 bridgehead atoms. The molecule has 1 aliphatic heterocycles. The summed E-state index contributed by atoms with van der Waals surface area (Å²) < 4.78 is 27.4. The summed E-state index contributed by atoms with van der Waals surface area (Å²) >= 11 is 1.55. The molecule has 126 valence electrons. The van der Waals surface area contributed by atoms with E-state index in [9.17, 15) is 18.5 Å². The lowest BCUT2D eigenvalue weighted by molar-refractivity contribution is -0.385. The molecule has 0 saturated carbocycles. The molecule has 2 aromatic carbocycles. The van der Waals surface area contributed by atoms with Gasteiger partial charge in [-0.1, -0.05) is 36.4 Å². The minimum atomic E-state index is -3.80. The van der Waals surface area contributed by atoms with Crippen LogP contribution in [0.4, 0.5) is 5.69 Å². The first kappa shape index (κ1) is 16.9. The Hall–Kier alpha value is -1.90. The van der Waals surface area contributed by atoms with E-state index in [0.29, 0.717) is 17.9 Å². The fourth-order valence-corrected chi connectivity index (χ4v) is 5.92. The lowest BCUT2D eigenvalue weighted by atomic mass is 10.2. The third kappa shape index (κ3) is 3.04. The van der Waals surface area contributed by atoms with E-state index in [4.69, 9.17) is 0 Å². The highest BCUT2D eigenvalue weighted by Gasteiger charge is 2.37. The highest BCUT2D eigenvalue weighted by molar-refractivity contribution is 8.01. The first-order chi connectivity index (χ1) is 11.4. The van der Waals surface area contributed by atoms with Crippen LogP contribution in [0.15, 0.2) is 53.4 Å².